The van der Waals surface area contributed by atoms with Gasteiger partial charge < -0.3 is 10.1 Å². The molecule has 1 N–H and O–H groups in total. The van der Waals surface area contributed by atoms with E-state index < -0.39 is 0 Å². The Balaban J connectivity index is 1.54. The number of carbonyl (C=O) groups excluding carboxylic acids is 2. The van der Waals surface area contributed by atoms with E-state index >= 15 is 0 Å². The van der Waals surface area contributed by atoms with E-state index in [-0.39, 0.29) is 11.7 Å². The maximum Gasteiger partial charge on any atom is 0.224 e. The van der Waals surface area contributed by atoms with Crippen molar-refractivity contribution < 1.29 is 14.3 Å². The normalized spacial score (nSPS) is 10.3. The van der Waals surface area contributed by atoms with Gasteiger partial charge in [-0.3, -0.25) is 9.59 Å². The minimum atomic E-state index is -0.0917. The molecule has 0 aliphatic heterocycles. The summed E-state index contributed by atoms with van der Waals surface area (Å²) in [5.74, 6) is 0.652. The van der Waals surface area contributed by atoms with E-state index in [9.17, 15) is 9.59 Å². The van der Waals surface area contributed by atoms with Gasteiger partial charge in [-0.2, -0.15) is 0 Å². The van der Waals surface area contributed by atoms with Crippen LogP contribution in [0.15, 0.2) is 78.9 Å². The maximum atomic E-state index is 12.4. The summed E-state index contributed by atoms with van der Waals surface area (Å²) in [6.45, 7) is 0. The molecule has 0 spiro atoms. The summed E-state index contributed by atoms with van der Waals surface area (Å²) in [4.78, 5) is 24.6. The Morgan fingerprint density at radius 1 is 0.821 bits per heavy atom. The third-order valence-electron chi connectivity index (χ3n) is 4.51. The Bertz CT molecular complexity index is 934. The minimum Gasteiger partial charge on any atom is -0.497 e. The van der Waals surface area contributed by atoms with Crippen molar-refractivity contribution in [3.05, 3.63) is 84.4 Å². The number of Topliss-reactive ketones (excluding diaryl/α,β-unsaturated/α-hetero) is 1. The molecule has 0 radical (unpaired) electrons. The van der Waals surface area contributed by atoms with E-state index in [1.54, 1.807) is 31.4 Å². The van der Waals surface area contributed by atoms with Gasteiger partial charge in [0.05, 0.1) is 7.11 Å². The molecule has 4 nitrogen and oxygen atoms in total. The monoisotopic (exact) mass is 373 g/mol. The van der Waals surface area contributed by atoms with Crippen LogP contribution in [0.4, 0.5) is 5.69 Å². The molecule has 0 heterocycles. The fraction of sp³-hybridized carbons (Fsp3) is 0.167. The predicted octanol–water partition coefficient (Wildman–Crippen LogP) is 5.35. The van der Waals surface area contributed by atoms with Gasteiger partial charge in [-0.25, -0.2) is 0 Å². The molecule has 0 atom stereocenters. The summed E-state index contributed by atoms with van der Waals surface area (Å²) in [7, 11) is 1.59. The molecule has 4 heteroatoms. The molecule has 3 aromatic rings. The molecule has 0 aliphatic rings. The van der Waals surface area contributed by atoms with Gasteiger partial charge in [-0.1, -0.05) is 48.5 Å². The molecule has 0 unspecified atom stereocenters. The maximum absolute atomic E-state index is 12.4. The van der Waals surface area contributed by atoms with Gasteiger partial charge >= 0.3 is 0 Å². The number of ketones is 1. The zero-order valence-electron chi connectivity index (χ0n) is 15.9. The van der Waals surface area contributed by atoms with Crippen LogP contribution in [0.1, 0.15) is 29.6 Å². The number of para-hydroxylation sites is 1. The Hall–Kier alpha value is -3.40. The number of nitrogens with one attached hydrogen (secondary N) is 1. The van der Waals surface area contributed by atoms with Crippen molar-refractivity contribution in [3.63, 3.8) is 0 Å². The van der Waals surface area contributed by atoms with Crippen LogP contribution < -0.4 is 10.1 Å². The van der Waals surface area contributed by atoms with Crippen LogP contribution in [0.25, 0.3) is 11.1 Å². The summed E-state index contributed by atoms with van der Waals surface area (Å²) >= 11 is 0. The largest absolute Gasteiger partial charge is 0.497 e. The average molecular weight is 373 g/mol. The first-order chi connectivity index (χ1) is 13.7. The quantitative estimate of drug-likeness (QED) is 0.541. The van der Waals surface area contributed by atoms with Crippen LogP contribution in [0.3, 0.4) is 0 Å². The van der Waals surface area contributed by atoms with Crippen molar-refractivity contribution >= 4 is 17.4 Å². The van der Waals surface area contributed by atoms with Crippen molar-refractivity contribution in [1.82, 2.24) is 0 Å². The smallest absolute Gasteiger partial charge is 0.224 e. The molecular weight excluding hydrogens is 350 g/mol. The lowest BCUT2D eigenvalue weighted by atomic mass is 10.0. The molecule has 0 aliphatic carbocycles. The zero-order chi connectivity index (χ0) is 19.8. The molecule has 0 aromatic heterocycles. The van der Waals surface area contributed by atoms with Gasteiger partial charge in [0.1, 0.15) is 5.75 Å². The van der Waals surface area contributed by atoms with Crippen molar-refractivity contribution in [1.29, 1.82) is 0 Å². The molecule has 0 saturated carbocycles. The fourth-order valence-electron chi connectivity index (χ4n) is 3.01. The third-order valence-corrected chi connectivity index (χ3v) is 4.51. The molecule has 0 saturated heterocycles. The first kappa shape index (κ1) is 19.4. The fourth-order valence-corrected chi connectivity index (χ4v) is 3.01. The first-order valence-corrected chi connectivity index (χ1v) is 9.29. The average Bonchev–Trinajstić information content (AvgIpc) is 2.74. The highest BCUT2D eigenvalue weighted by molar-refractivity contribution is 5.98. The van der Waals surface area contributed by atoms with Crippen LogP contribution in [-0.2, 0) is 4.79 Å². The Labute approximate surface area is 165 Å². The second kappa shape index (κ2) is 9.51. The van der Waals surface area contributed by atoms with Crippen LogP contribution in [0.5, 0.6) is 5.75 Å². The Morgan fingerprint density at radius 3 is 2.21 bits per heavy atom. The predicted molar refractivity (Wildman–Crippen MR) is 112 cm³/mol. The van der Waals surface area contributed by atoms with E-state index in [1.807, 2.05) is 54.6 Å². The number of anilines is 1. The highest BCUT2D eigenvalue weighted by Gasteiger charge is 2.10. The summed E-state index contributed by atoms with van der Waals surface area (Å²) in [6.07, 6.45) is 1.13. The highest BCUT2D eigenvalue weighted by Crippen LogP contribution is 2.27. The SMILES string of the molecule is COc1ccc(C(=O)CCCC(=O)Nc2ccccc2-c2ccccc2)cc1. The van der Waals surface area contributed by atoms with Gasteiger partial charge in [0, 0.05) is 29.7 Å². The number of ether oxygens (including phenoxy) is 1. The molecule has 0 bridgehead atoms. The van der Waals surface area contributed by atoms with Crippen molar-refractivity contribution in [2.24, 2.45) is 0 Å². The Morgan fingerprint density at radius 2 is 1.50 bits per heavy atom. The molecule has 3 aromatic carbocycles. The van der Waals surface area contributed by atoms with Crippen LogP contribution in [-0.4, -0.2) is 18.8 Å². The zero-order valence-corrected chi connectivity index (χ0v) is 15.9. The number of carbonyl (C=O) groups is 2. The molecule has 1 amide bonds. The summed E-state index contributed by atoms with van der Waals surface area (Å²) in [5.41, 5.74) is 3.44. The van der Waals surface area contributed by atoms with Gasteiger partial charge in [0.25, 0.3) is 0 Å². The number of hydrogen-bond donors (Lipinski definition) is 1. The van der Waals surface area contributed by atoms with Gasteiger partial charge in [-0.05, 0) is 42.3 Å². The molecule has 142 valence electrons. The Kier molecular flexibility index (Phi) is 6.58. The topological polar surface area (TPSA) is 55.4 Å². The van der Waals surface area contributed by atoms with Crippen LogP contribution in [0.2, 0.25) is 0 Å². The first-order valence-electron chi connectivity index (χ1n) is 9.29. The van der Waals surface area contributed by atoms with Crippen molar-refractivity contribution in [2.75, 3.05) is 12.4 Å². The second-order valence-electron chi connectivity index (χ2n) is 6.47. The molecule has 3 rings (SSSR count). The van der Waals surface area contributed by atoms with E-state index in [2.05, 4.69) is 5.32 Å². The van der Waals surface area contributed by atoms with Crippen LogP contribution >= 0.6 is 0 Å². The van der Waals surface area contributed by atoms with Gasteiger partial charge in [0.15, 0.2) is 5.78 Å². The van der Waals surface area contributed by atoms with Gasteiger partial charge in [0.2, 0.25) is 5.91 Å². The molecular formula is C24H23NO3. The number of amides is 1. The summed E-state index contributed by atoms with van der Waals surface area (Å²) in [6, 6.07) is 24.7. The molecule has 0 fully saturated rings. The van der Waals surface area contributed by atoms with E-state index in [0.717, 1.165) is 16.8 Å². The highest BCUT2D eigenvalue weighted by atomic mass is 16.5. The van der Waals surface area contributed by atoms with Crippen molar-refractivity contribution in [3.8, 4) is 16.9 Å². The lowest BCUT2D eigenvalue weighted by Gasteiger charge is -2.11. The summed E-state index contributed by atoms with van der Waals surface area (Å²) < 4.78 is 5.10. The minimum absolute atomic E-state index is 0.0279. The lowest BCUT2D eigenvalue weighted by molar-refractivity contribution is -0.116. The summed E-state index contributed by atoms with van der Waals surface area (Å²) in [5, 5.41) is 2.97. The number of hydrogen-bond acceptors (Lipinski definition) is 3. The number of rotatable bonds is 8. The van der Waals surface area contributed by atoms with Crippen LogP contribution in [0, 0.1) is 0 Å². The number of benzene rings is 3. The number of methoxy groups -OCH3 is 1. The van der Waals surface area contributed by atoms with E-state index in [0.29, 0.717) is 30.6 Å². The third kappa shape index (κ3) is 5.07. The lowest BCUT2D eigenvalue weighted by Crippen LogP contribution is -2.12. The molecule has 28 heavy (non-hydrogen) atoms. The van der Waals surface area contributed by atoms with Gasteiger partial charge in [-0.15, -0.1) is 0 Å². The van der Waals surface area contributed by atoms with E-state index in [1.165, 1.54) is 0 Å². The van der Waals surface area contributed by atoms with Crippen molar-refractivity contribution in [2.45, 2.75) is 19.3 Å². The van der Waals surface area contributed by atoms with E-state index in [4.69, 9.17) is 4.74 Å². The standard InChI is InChI=1S/C24H23NO3/c1-28-20-16-14-19(15-17-20)23(26)12-7-13-24(27)25-22-11-6-5-10-21(22)18-8-3-2-4-9-18/h2-6,8-11,14-17H,7,12-13H2,1H3,(H,25,27). The second-order valence-corrected chi connectivity index (χ2v) is 6.47.